The van der Waals surface area contributed by atoms with Crippen molar-refractivity contribution in [3.8, 4) is 22.8 Å². The van der Waals surface area contributed by atoms with Gasteiger partial charge in [0, 0.05) is 41.1 Å². The zero-order valence-corrected chi connectivity index (χ0v) is 23.6. The molecule has 2 heterocycles. The number of nitrogen functional groups attached to an aromatic ring is 1. The normalized spacial score (nSPS) is 13.3. The fourth-order valence-corrected chi connectivity index (χ4v) is 4.17. The van der Waals surface area contributed by atoms with E-state index < -0.39 is 19.7 Å². The van der Waals surface area contributed by atoms with E-state index in [0.717, 1.165) is 22.4 Å². The molecule has 1 atom stereocenters. The number of pyridine rings is 1. The Morgan fingerprint density at radius 3 is 2.42 bits per heavy atom. The predicted molar refractivity (Wildman–Crippen MR) is 157 cm³/mol. The van der Waals surface area contributed by atoms with Gasteiger partial charge < -0.3 is 26.7 Å². The lowest BCUT2D eigenvalue weighted by molar-refractivity contribution is -0.107. The van der Waals surface area contributed by atoms with Crippen molar-refractivity contribution in [2.45, 2.75) is 38.5 Å². The Balaban J connectivity index is 0.000000992. The topological polar surface area (TPSA) is 156 Å². The van der Waals surface area contributed by atoms with Gasteiger partial charge in [0.25, 0.3) is 6.43 Å². The molecule has 1 aliphatic heterocycles. The highest BCUT2D eigenvalue weighted by atomic mass is 19.3. The smallest absolute Gasteiger partial charge is 0.272 e. The van der Waals surface area contributed by atoms with E-state index in [1.807, 2.05) is 12.1 Å². The van der Waals surface area contributed by atoms with E-state index in [2.05, 4.69) is 23.4 Å². The summed E-state index contributed by atoms with van der Waals surface area (Å²) in [7, 11) is 0. The van der Waals surface area contributed by atoms with Gasteiger partial charge >= 0.3 is 0 Å². The van der Waals surface area contributed by atoms with Gasteiger partial charge in [-0.25, -0.2) is 18.2 Å². The van der Waals surface area contributed by atoms with Crippen molar-refractivity contribution in [2.75, 3.05) is 32.2 Å². The monoisotopic (exact) mass is 605 g/mol. The van der Waals surface area contributed by atoms with E-state index in [0.29, 0.717) is 43.0 Å². The fourth-order valence-electron chi connectivity index (χ4n) is 4.17. The number of amides is 2. The molecule has 0 saturated heterocycles. The Kier molecular flexibility index (Phi) is 14.4. The molecule has 4 rings (SSSR count). The lowest BCUT2D eigenvalue weighted by Gasteiger charge is -2.14. The van der Waals surface area contributed by atoms with Gasteiger partial charge in [0.2, 0.25) is 12.8 Å². The summed E-state index contributed by atoms with van der Waals surface area (Å²) in [5.41, 5.74) is 19.3. The van der Waals surface area contributed by atoms with Crippen LogP contribution >= 0.6 is 0 Å². The summed E-state index contributed by atoms with van der Waals surface area (Å²) in [6.07, 6.45) is 0.733. The molecule has 1 unspecified atom stereocenters. The highest BCUT2D eigenvalue weighted by Gasteiger charge is 2.26. The minimum Gasteiger partial charge on any atom is -0.490 e. The largest absolute Gasteiger partial charge is 0.490 e. The minimum absolute atomic E-state index is 0.153. The van der Waals surface area contributed by atoms with Gasteiger partial charge in [-0.1, -0.05) is 6.92 Å². The number of alkyl halides is 3. The summed E-state index contributed by atoms with van der Waals surface area (Å²) < 4.78 is 62.6. The zero-order valence-electron chi connectivity index (χ0n) is 23.6. The maximum absolute atomic E-state index is 13.5. The van der Waals surface area contributed by atoms with E-state index in [1.54, 1.807) is 18.2 Å². The SMILES string of the molecule is CC1COc2c1cc(CCc1cc(C=NCCCF)c(N)c(OCC(F)F)c1)nc2-c1ccc(F)cc1.NC=O.NC=O. The average molecular weight is 606 g/mol. The second-order valence-corrected chi connectivity index (χ2v) is 9.25. The number of nitrogens with zero attached hydrogens (tertiary/aromatic N) is 2. The number of ether oxygens (including phenoxy) is 2. The molecule has 6 N–H and O–H groups in total. The molecule has 0 radical (unpaired) electrons. The van der Waals surface area contributed by atoms with Crippen molar-refractivity contribution in [3.05, 3.63) is 70.7 Å². The molecule has 1 aromatic heterocycles. The first-order valence-corrected chi connectivity index (χ1v) is 13.3. The maximum Gasteiger partial charge on any atom is 0.272 e. The highest BCUT2D eigenvalue weighted by Crippen LogP contribution is 2.41. The molecule has 3 aromatic rings. The van der Waals surface area contributed by atoms with Crippen LogP contribution in [0.5, 0.6) is 11.5 Å². The Morgan fingerprint density at radius 1 is 1.12 bits per heavy atom. The Bertz CT molecular complexity index is 1350. The second kappa shape index (κ2) is 18.0. The number of aryl methyl sites for hydroxylation is 2. The van der Waals surface area contributed by atoms with Gasteiger partial charge in [-0.3, -0.25) is 19.0 Å². The Morgan fingerprint density at radius 2 is 1.79 bits per heavy atom. The number of anilines is 1. The third kappa shape index (κ3) is 10.6. The number of carbonyl (C=O) groups is 2. The molecular weight excluding hydrogens is 570 g/mol. The number of hydrogen-bond donors (Lipinski definition) is 3. The number of fused-ring (bicyclic) bond motifs is 1. The van der Waals surface area contributed by atoms with E-state index in [1.165, 1.54) is 18.3 Å². The number of aromatic nitrogens is 1. The van der Waals surface area contributed by atoms with Crippen LogP contribution in [0.2, 0.25) is 0 Å². The number of nitrogens with two attached hydrogens (primary N) is 3. The zero-order chi connectivity index (χ0) is 31.8. The van der Waals surface area contributed by atoms with E-state index >= 15 is 0 Å². The van der Waals surface area contributed by atoms with Crippen molar-refractivity contribution >= 4 is 24.7 Å². The Hall–Kier alpha value is -4.68. The molecule has 0 aliphatic carbocycles. The molecule has 0 spiro atoms. The van der Waals surface area contributed by atoms with Crippen LogP contribution in [-0.2, 0) is 22.4 Å². The van der Waals surface area contributed by atoms with Crippen LogP contribution in [-0.4, -0.2) is 56.9 Å². The van der Waals surface area contributed by atoms with Crippen molar-refractivity contribution in [1.29, 1.82) is 0 Å². The van der Waals surface area contributed by atoms with Crippen molar-refractivity contribution < 1.29 is 36.6 Å². The molecule has 2 amide bonds. The summed E-state index contributed by atoms with van der Waals surface area (Å²) in [5.74, 6) is 0.725. The lowest BCUT2D eigenvalue weighted by Crippen LogP contribution is -2.10. The summed E-state index contributed by atoms with van der Waals surface area (Å²) in [6.45, 7) is 1.65. The van der Waals surface area contributed by atoms with E-state index in [-0.39, 0.29) is 42.4 Å². The molecule has 232 valence electrons. The van der Waals surface area contributed by atoms with Crippen LogP contribution in [0.15, 0.2) is 47.5 Å². The quantitative estimate of drug-likeness (QED) is 0.0969. The van der Waals surface area contributed by atoms with Gasteiger partial charge in [0.1, 0.15) is 29.6 Å². The molecule has 0 fully saturated rings. The molecule has 0 bridgehead atoms. The molecule has 9 nitrogen and oxygen atoms in total. The molecule has 43 heavy (non-hydrogen) atoms. The van der Waals surface area contributed by atoms with Gasteiger partial charge in [-0.15, -0.1) is 0 Å². The summed E-state index contributed by atoms with van der Waals surface area (Å²) in [4.78, 5) is 26.2. The molecule has 2 aromatic carbocycles. The first kappa shape index (κ1) is 34.5. The Labute approximate surface area is 247 Å². The van der Waals surface area contributed by atoms with Crippen molar-refractivity contribution in [1.82, 2.24) is 4.98 Å². The summed E-state index contributed by atoms with van der Waals surface area (Å²) >= 11 is 0. The number of carbonyl (C=O) groups excluding carboxylic acids is 2. The van der Waals surface area contributed by atoms with E-state index in [4.69, 9.17) is 29.8 Å². The second-order valence-electron chi connectivity index (χ2n) is 9.25. The summed E-state index contributed by atoms with van der Waals surface area (Å²) in [6, 6.07) is 11.6. The average Bonchev–Trinajstić information content (AvgIpc) is 3.35. The van der Waals surface area contributed by atoms with Gasteiger partial charge in [-0.05, 0) is 67.3 Å². The van der Waals surface area contributed by atoms with Crippen LogP contribution in [0.3, 0.4) is 0 Å². The van der Waals surface area contributed by atoms with Crippen LogP contribution < -0.4 is 26.7 Å². The van der Waals surface area contributed by atoms with Crippen molar-refractivity contribution in [3.63, 3.8) is 0 Å². The third-order valence-electron chi connectivity index (χ3n) is 6.10. The third-order valence-corrected chi connectivity index (χ3v) is 6.10. The van der Waals surface area contributed by atoms with Gasteiger partial charge in [-0.2, -0.15) is 0 Å². The number of benzene rings is 2. The lowest BCUT2D eigenvalue weighted by atomic mass is 9.97. The first-order chi connectivity index (χ1) is 20.7. The van der Waals surface area contributed by atoms with E-state index in [9.17, 15) is 17.6 Å². The van der Waals surface area contributed by atoms with Crippen LogP contribution in [0.4, 0.5) is 23.2 Å². The predicted octanol–water partition coefficient (Wildman–Crippen LogP) is 4.38. The number of rotatable bonds is 11. The number of halogens is 4. The van der Waals surface area contributed by atoms with Crippen LogP contribution in [0.1, 0.15) is 41.6 Å². The van der Waals surface area contributed by atoms with Gasteiger partial charge in [0.05, 0.1) is 19.0 Å². The number of aliphatic imine (C=N–C) groups is 1. The number of primary amides is 2. The van der Waals surface area contributed by atoms with Crippen molar-refractivity contribution in [2.24, 2.45) is 16.5 Å². The fraction of sp³-hybridized carbons (Fsp3) is 0.333. The van der Waals surface area contributed by atoms with Gasteiger partial charge in [0.15, 0.2) is 0 Å². The standard InChI is InChI=1S/C28H29F4N3O2.2CH3NO/c1-17-15-37-28-23(17)13-22(35-27(28)19-4-6-21(30)7-5-19)8-3-18-11-20(14-34-10-2-9-29)26(33)24(12-18)36-16-25(31)32;2*2-1-3/h4-7,11-14,17,25H,2-3,8-10,15-16,33H2,1H3;2*1H,(H2,2,3). The highest BCUT2D eigenvalue weighted by molar-refractivity contribution is 5.89. The molecule has 0 saturated carbocycles. The molecular formula is C30H35F4N5O4. The minimum atomic E-state index is -2.64. The van der Waals surface area contributed by atoms with Crippen LogP contribution in [0, 0.1) is 5.82 Å². The van der Waals surface area contributed by atoms with Crippen LogP contribution in [0.25, 0.3) is 11.3 Å². The maximum atomic E-state index is 13.5. The number of hydrogen-bond acceptors (Lipinski definition) is 7. The first-order valence-electron chi connectivity index (χ1n) is 13.3. The summed E-state index contributed by atoms with van der Waals surface area (Å²) in [5, 5.41) is 0. The molecule has 13 heteroatoms. The molecule has 1 aliphatic rings.